The summed E-state index contributed by atoms with van der Waals surface area (Å²) in [5.41, 5.74) is 1.42. The van der Waals surface area contributed by atoms with Gasteiger partial charge in [0.15, 0.2) is 0 Å². The average Bonchev–Trinajstić information content (AvgIpc) is 2.45. The fourth-order valence-corrected chi connectivity index (χ4v) is 2.79. The number of nitrogens with one attached hydrogen (secondary N) is 1. The van der Waals surface area contributed by atoms with Gasteiger partial charge in [-0.3, -0.25) is 4.90 Å². The molecule has 0 spiro atoms. The van der Waals surface area contributed by atoms with Crippen LogP contribution in [0.1, 0.15) is 39.7 Å². The van der Waals surface area contributed by atoms with Gasteiger partial charge < -0.3 is 10.2 Å². The maximum Gasteiger partial charge on any atom is 0.133 e. The molecular weight excluding hydrogens is 260 g/mol. The predicted octanol–water partition coefficient (Wildman–Crippen LogP) is 2.50. The van der Waals surface area contributed by atoms with Crippen molar-refractivity contribution in [3.8, 4) is 0 Å². The molecule has 4 heteroatoms. The van der Waals surface area contributed by atoms with Crippen LogP contribution in [-0.2, 0) is 6.54 Å². The summed E-state index contributed by atoms with van der Waals surface area (Å²) in [6.45, 7) is 13.0. The Balaban J connectivity index is 2.12. The first-order chi connectivity index (χ1) is 9.90. The molecule has 0 aliphatic carbocycles. The number of pyridine rings is 1. The number of aromatic nitrogens is 1. The van der Waals surface area contributed by atoms with Crippen molar-refractivity contribution < 1.29 is 0 Å². The second-order valence-electron chi connectivity index (χ2n) is 7.08. The lowest BCUT2D eigenvalue weighted by Crippen LogP contribution is -2.51. The maximum atomic E-state index is 4.66. The molecule has 1 aliphatic heterocycles. The number of hydrogen-bond acceptors (Lipinski definition) is 4. The van der Waals surface area contributed by atoms with Crippen molar-refractivity contribution in [2.24, 2.45) is 0 Å². The highest BCUT2D eigenvalue weighted by Crippen LogP contribution is 2.22. The third-order valence-electron chi connectivity index (χ3n) is 4.22. The van der Waals surface area contributed by atoms with Crippen LogP contribution in [0.4, 0.5) is 5.82 Å². The molecule has 2 heterocycles. The SMILES string of the molecule is CCC1CN(c2ncccc2CNC(C)(C)C)CCN1C. The number of nitrogens with zero attached hydrogens (tertiary/aromatic N) is 3. The van der Waals surface area contributed by atoms with Crippen LogP contribution in [0.2, 0.25) is 0 Å². The molecule has 1 aromatic heterocycles. The van der Waals surface area contributed by atoms with E-state index >= 15 is 0 Å². The summed E-state index contributed by atoms with van der Waals surface area (Å²) in [6.07, 6.45) is 3.10. The summed E-state index contributed by atoms with van der Waals surface area (Å²) >= 11 is 0. The smallest absolute Gasteiger partial charge is 0.133 e. The zero-order valence-electron chi connectivity index (χ0n) is 14.2. The third kappa shape index (κ3) is 4.42. The Morgan fingerprint density at radius 2 is 2.10 bits per heavy atom. The van der Waals surface area contributed by atoms with E-state index in [2.05, 4.69) is 60.9 Å². The van der Waals surface area contributed by atoms with Gasteiger partial charge in [-0.2, -0.15) is 0 Å². The van der Waals surface area contributed by atoms with Crippen molar-refractivity contribution in [1.82, 2.24) is 15.2 Å². The van der Waals surface area contributed by atoms with Gasteiger partial charge in [-0.25, -0.2) is 4.98 Å². The van der Waals surface area contributed by atoms with Crippen molar-refractivity contribution in [3.05, 3.63) is 23.9 Å². The Labute approximate surface area is 129 Å². The van der Waals surface area contributed by atoms with Crippen LogP contribution in [-0.4, -0.2) is 48.1 Å². The van der Waals surface area contributed by atoms with Crippen LogP contribution >= 0.6 is 0 Å². The number of anilines is 1. The van der Waals surface area contributed by atoms with Crippen LogP contribution < -0.4 is 10.2 Å². The van der Waals surface area contributed by atoms with E-state index in [1.807, 2.05) is 12.3 Å². The van der Waals surface area contributed by atoms with E-state index in [9.17, 15) is 0 Å². The molecule has 0 radical (unpaired) electrons. The predicted molar refractivity (Wildman–Crippen MR) is 89.8 cm³/mol. The van der Waals surface area contributed by atoms with Gasteiger partial charge in [-0.1, -0.05) is 13.0 Å². The van der Waals surface area contributed by atoms with E-state index in [1.165, 1.54) is 12.0 Å². The topological polar surface area (TPSA) is 31.4 Å². The second-order valence-corrected chi connectivity index (χ2v) is 7.08. The highest BCUT2D eigenvalue weighted by molar-refractivity contribution is 5.47. The van der Waals surface area contributed by atoms with Crippen LogP contribution in [0.15, 0.2) is 18.3 Å². The van der Waals surface area contributed by atoms with Crippen molar-refractivity contribution in [3.63, 3.8) is 0 Å². The Morgan fingerprint density at radius 1 is 1.33 bits per heavy atom. The van der Waals surface area contributed by atoms with E-state index in [1.54, 1.807) is 0 Å². The molecule has 1 atom stereocenters. The highest BCUT2D eigenvalue weighted by Gasteiger charge is 2.25. The number of piperazine rings is 1. The van der Waals surface area contributed by atoms with Gasteiger partial charge >= 0.3 is 0 Å². The molecule has 0 amide bonds. The molecule has 2 rings (SSSR count). The van der Waals surface area contributed by atoms with Gasteiger partial charge in [-0.15, -0.1) is 0 Å². The van der Waals surface area contributed by atoms with E-state index in [0.29, 0.717) is 6.04 Å². The normalized spacial score (nSPS) is 20.8. The largest absolute Gasteiger partial charge is 0.353 e. The zero-order chi connectivity index (χ0) is 15.5. The van der Waals surface area contributed by atoms with Crippen LogP contribution in [0.25, 0.3) is 0 Å². The minimum atomic E-state index is 0.126. The first-order valence-electron chi connectivity index (χ1n) is 8.05. The molecule has 1 aliphatic rings. The summed E-state index contributed by atoms with van der Waals surface area (Å²) in [4.78, 5) is 9.58. The second kappa shape index (κ2) is 6.75. The van der Waals surface area contributed by atoms with Crippen molar-refractivity contribution in [1.29, 1.82) is 0 Å². The Kier molecular flexibility index (Phi) is 5.22. The Morgan fingerprint density at radius 3 is 2.76 bits per heavy atom. The molecule has 1 saturated heterocycles. The van der Waals surface area contributed by atoms with Crippen LogP contribution in [0.3, 0.4) is 0 Å². The zero-order valence-corrected chi connectivity index (χ0v) is 14.2. The highest BCUT2D eigenvalue weighted by atomic mass is 15.3. The lowest BCUT2D eigenvalue weighted by Gasteiger charge is -2.40. The van der Waals surface area contributed by atoms with Gasteiger partial charge in [0.25, 0.3) is 0 Å². The van der Waals surface area contributed by atoms with E-state index < -0.39 is 0 Å². The van der Waals surface area contributed by atoms with Crippen molar-refractivity contribution in [2.75, 3.05) is 31.6 Å². The summed E-state index contributed by atoms with van der Waals surface area (Å²) in [5, 5.41) is 3.57. The van der Waals surface area contributed by atoms with E-state index in [0.717, 1.165) is 32.0 Å². The molecule has 1 N–H and O–H groups in total. The van der Waals surface area contributed by atoms with Gasteiger partial charge in [0.05, 0.1) is 0 Å². The van der Waals surface area contributed by atoms with E-state index in [-0.39, 0.29) is 5.54 Å². The number of rotatable bonds is 4. The van der Waals surface area contributed by atoms with Crippen LogP contribution in [0, 0.1) is 0 Å². The fourth-order valence-electron chi connectivity index (χ4n) is 2.79. The lowest BCUT2D eigenvalue weighted by molar-refractivity contribution is 0.212. The van der Waals surface area contributed by atoms with Gasteiger partial charge in [0.2, 0.25) is 0 Å². The van der Waals surface area contributed by atoms with Gasteiger partial charge in [0, 0.05) is 49.5 Å². The lowest BCUT2D eigenvalue weighted by atomic mass is 10.1. The minimum absolute atomic E-state index is 0.126. The first-order valence-corrected chi connectivity index (χ1v) is 8.05. The van der Waals surface area contributed by atoms with Gasteiger partial charge in [-0.05, 0) is 40.3 Å². The third-order valence-corrected chi connectivity index (χ3v) is 4.22. The van der Waals surface area contributed by atoms with Crippen molar-refractivity contribution in [2.45, 2.75) is 52.2 Å². The molecule has 21 heavy (non-hydrogen) atoms. The van der Waals surface area contributed by atoms with Crippen molar-refractivity contribution >= 4 is 5.82 Å². The summed E-state index contributed by atoms with van der Waals surface area (Å²) in [5.74, 6) is 1.15. The first kappa shape index (κ1) is 16.2. The number of hydrogen-bond donors (Lipinski definition) is 1. The summed E-state index contributed by atoms with van der Waals surface area (Å²) < 4.78 is 0. The van der Waals surface area contributed by atoms with E-state index in [4.69, 9.17) is 0 Å². The monoisotopic (exact) mass is 290 g/mol. The molecular formula is C17H30N4. The molecule has 4 nitrogen and oxygen atoms in total. The Hall–Kier alpha value is -1.13. The molecule has 1 aromatic rings. The quantitative estimate of drug-likeness (QED) is 0.923. The maximum absolute atomic E-state index is 4.66. The molecule has 0 bridgehead atoms. The molecule has 1 unspecified atom stereocenters. The summed E-state index contributed by atoms with van der Waals surface area (Å²) in [6, 6.07) is 4.86. The number of likely N-dealkylation sites (N-methyl/N-ethyl adjacent to an activating group) is 1. The van der Waals surface area contributed by atoms with Gasteiger partial charge in [0.1, 0.15) is 5.82 Å². The van der Waals surface area contributed by atoms with Crippen LogP contribution in [0.5, 0.6) is 0 Å². The molecule has 0 aromatic carbocycles. The fraction of sp³-hybridized carbons (Fsp3) is 0.706. The minimum Gasteiger partial charge on any atom is -0.353 e. The Bertz CT molecular complexity index is 452. The average molecular weight is 290 g/mol. The molecule has 0 saturated carbocycles. The summed E-state index contributed by atoms with van der Waals surface area (Å²) in [7, 11) is 2.23. The molecule has 1 fully saturated rings. The molecule has 118 valence electrons. The standard InChI is InChI=1S/C17H30N4/c1-6-15-13-21(11-10-20(15)5)16-14(8-7-9-18-16)12-19-17(2,3)4/h7-9,15,19H,6,10-13H2,1-5H3.